The van der Waals surface area contributed by atoms with Crippen LogP contribution in [-0.2, 0) is 0 Å². The molecule has 7 nitrogen and oxygen atoms in total. The number of carbonyl (C=O) groups excluding carboxylic acids is 1. The summed E-state index contributed by atoms with van der Waals surface area (Å²) in [5.74, 6) is -0.362. The van der Waals surface area contributed by atoms with E-state index in [1.54, 1.807) is 18.3 Å². The number of aryl methyl sites for hydroxylation is 1. The monoisotopic (exact) mass is 404 g/mol. The van der Waals surface area contributed by atoms with E-state index >= 15 is 0 Å². The van der Waals surface area contributed by atoms with Gasteiger partial charge in [-0.3, -0.25) is 14.9 Å². The third kappa shape index (κ3) is 3.92. The number of nitrogens with zero attached hydrogens (tertiary/aromatic N) is 3. The summed E-state index contributed by atoms with van der Waals surface area (Å²) in [5.41, 5.74) is 5.50. The molecule has 0 radical (unpaired) electrons. The summed E-state index contributed by atoms with van der Waals surface area (Å²) in [7, 11) is 0. The molecule has 0 aliphatic heterocycles. The number of fused-ring (bicyclic) bond motifs is 1. The highest BCUT2D eigenvalue weighted by molar-refractivity contribution is 7.20. The molecule has 1 N–H and O–H groups in total. The standard InChI is InChI=1S/C21H16N4O3S/c1-14-4-2-5-16(10-14)24-9-3-6-18(24)13-22-23-21(26)20-12-15-11-17(25(27)28)7-8-19(15)29-20/h2-13H,1H3,(H,23,26)/b22-13-. The van der Waals surface area contributed by atoms with E-state index in [1.165, 1.54) is 23.5 Å². The first-order valence-corrected chi connectivity index (χ1v) is 9.59. The van der Waals surface area contributed by atoms with Crippen LogP contribution in [-0.4, -0.2) is 21.6 Å². The molecule has 2 aromatic carbocycles. The average molecular weight is 404 g/mol. The lowest BCUT2D eigenvalue weighted by Gasteiger charge is -2.07. The molecule has 29 heavy (non-hydrogen) atoms. The van der Waals surface area contributed by atoms with Crippen molar-refractivity contribution in [3.05, 3.63) is 93.1 Å². The highest BCUT2D eigenvalue weighted by atomic mass is 32.1. The maximum Gasteiger partial charge on any atom is 0.281 e. The Balaban J connectivity index is 1.50. The minimum absolute atomic E-state index is 0.00260. The molecule has 0 bridgehead atoms. The Morgan fingerprint density at radius 2 is 2.03 bits per heavy atom. The number of nitro benzene ring substituents is 1. The fourth-order valence-corrected chi connectivity index (χ4v) is 3.91. The summed E-state index contributed by atoms with van der Waals surface area (Å²) in [6, 6.07) is 18.0. The fraction of sp³-hybridized carbons (Fsp3) is 0.0476. The Labute approximate surface area is 170 Å². The molecule has 0 aliphatic carbocycles. The van der Waals surface area contributed by atoms with Crippen molar-refractivity contribution in [1.29, 1.82) is 0 Å². The fourth-order valence-electron chi connectivity index (χ4n) is 2.98. The second-order valence-corrected chi connectivity index (χ2v) is 7.51. The van der Waals surface area contributed by atoms with E-state index in [0.29, 0.717) is 10.3 Å². The van der Waals surface area contributed by atoms with E-state index < -0.39 is 4.92 Å². The van der Waals surface area contributed by atoms with Crippen LogP contribution in [0.5, 0.6) is 0 Å². The number of non-ortho nitro benzene ring substituents is 1. The van der Waals surface area contributed by atoms with Gasteiger partial charge in [-0.15, -0.1) is 11.3 Å². The number of aromatic nitrogens is 1. The minimum atomic E-state index is -0.454. The molecular weight excluding hydrogens is 388 g/mol. The summed E-state index contributed by atoms with van der Waals surface area (Å²) < 4.78 is 2.78. The van der Waals surface area contributed by atoms with Crippen molar-refractivity contribution in [1.82, 2.24) is 9.99 Å². The number of nitro groups is 1. The molecule has 4 rings (SSSR count). The van der Waals surface area contributed by atoms with Crippen LogP contribution in [0.4, 0.5) is 5.69 Å². The van der Waals surface area contributed by atoms with Crippen molar-refractivity contribution >= 4 is 39.2 Å². The van der Waals surface area contributed by atoms with Gasteiger partial charge in [-0.2, -0.15) is 5.10 Å². The van der Waals surface area contributed by atoms with Gasteiger partial charge in [-0.25, -0.2) is 5.43 Å². The van der Waals surface area contributed by atoms with Crippen LogP contribution < -0.4 is 5.43 Å². The Kier molecular flexibility index (Phi) is 4.92. The average Bonchev–Trinajstić information content (AvgIpc) is 3.34. The quantitative estimate of drug-likeness (QED) is 0.298. The zero-order chi connectivity index (χ0) is 20.4. The SMILES string of the molecule is Cc1cccc(-n2cccc2/C=N\NC(=O)c2cc3cc([N+](=O)[O-])ccc3s2)c1. The highest BCUT2D eigenvalue weighted by Crippen LogP contribution is 2.28. The Morgan fingerprint density at radius 1 is 1.17 bits per heavy atom. The Morgan fingerprint density at radius 3 is 2.83 bits per heavy atom. The van der Waals surface area contributed by atoms with Crippen LogP contribution in [0.15, 0.2) is 72.0 Å². The van der Waals surface area contributed by atoms with Crippen LogP contribution >= 0.6 is 11.3 Å². The number of hydrogen-bond donors (Lipinski definition) is 1. The first kappa shape index (κ1) is 18.6. The lowest BCUT2D eigenvalue weighted by atomic mass is 10.2. The van der Waals surface area contributed by atoms with Crippen molar-refractivity contribution in [2.24, 2.45) is 5.10 Å². The lowest BCUT2D eigenvalue weighted by molar-refractivity contribution is -0.384. The van der Waals surface area contributed by atoms with Gasteiger partial charge in [-0.1, -0.05) is 12.1 Å². The second kappa shape index (κ2) is 7.69. The van der Waals surface area contributed by atoms with Gasteiger partial charge in [-0.05, 0) is 48.9 Å². The smallest absolute Gasteiger partial charge is 0.281 e. The molecule has 8 heteroatoms. The number of rotatable bonds is 5. The van der Waals surface area contributed by atoms with E-state index in [4.69, 9.17) is 0 Å². The minimum Gasteiger partial charge on any atom is -0.316 e. The summed E-state index contributed by atoms with van der Waals surface area (Å²) in [4.78, 5) is 23.3. The van der Waals surface area contributed by atoms with Crippen molar-refractivity contribution in [2.45, 2.75) is 6.92 Å². The van der Waals surface area contributed by atoms with Gasteiger partial charge in [0.15, 0.2) is 0 Å². The Bertz CT molecular complexity index is 1260. The summed E-state index contributed by atoms with van der Waals surface area (Å²) in [6.07, 6.45) is 3.51. The van der Waals surface area contributed by atoms with Crippen molar-refractivity contribution in [2.75, 3.05) is 0 Å². The predicted octanol–water partition coefficient (Wildman–Crippen LogP) is 4.67. The van der Waals surface area contributed by atoms with E-state index in [9.17, 15) is 14.9 Å². The zero-order valence-electron chi connectivity index (χ0n) is 15.4. The number of benzene rings is 2. The molecule has 1 amide bonds. The Hall–Kier alpha value is -3.78. The maximum absolute atomic E-state index is 12.4. The number of hydrogen-bond acceptors (Lipinski definition) is 5. The molecule has 0 saturated carbocycles. The third-order valence-corrected chi connectivity index (χ3v) is 5.47. The molecular formula is C21H16N4O3S. The molecule has 0 unspecified atom stereocenters. The number of carbonyl (C=O) groups is 1. The first-order valence-electron chi connectivity index (χ1n) is 8.77. The molecule has 2 aromatic heterocycles. The summed E-state index contributed by atoms with van der Waals surface area (Å²) >= 11 is 1.26. The van der Waals surface area contributed by atoms with Gasteiger partial charge >= 0.3 is 0 Å². The topological polar surface area (TPSA) is 89.5 Å². The number of amides is 1. The first-order chi connectivity index (χ1) is 14.0. The molecule has 0 aliphatic rings. The predicted molar refractivity (Wildman–Crippen MR) is 114 cm³/mol. The number of thiophene rings is 1. The van der Waals surface area contributed by atoms with Crippen LogP contribution in [0.2, 0.25) is 0 Å². The summed E-state index contributed by atoms with van der Waals surface area (Å²) in [6.45, 7) is 2.03. The van der Waals surface area contributed by atoms with Gasteiger partial charge in [0, 0.05) is 34.1 Å². The van der Waals surface area contributed by atoms with Gasteiger partial charge < -0.3 is 4.57 Å². The van der Waals surface area contributed by atoms with Gasteiger partial charge in [0.05, 0.1) is 21.7 Å². The van der Waals surface area contributed by atoms with Crippen LogP contribution in [0.3, 0.4) is 0 Å². The van der Waals surface area contributed by atoms with Gasteiger partial charge in [0.1, 0.15) is 0 Å². The lowest BCUT2D eigenvalue weighted by Crippen LogP contribution is -2.16. The van der Waals surface area contributed by atoms with E-state index in [-0.39, 0.29) is 11.6 Å². The van der Waals surface area contributed by atoms with E-state index in [1.807, 2.05) is 48.0 Å². The number of nitrogens with one attached hydrogen (secondary N) is 1. The van der Waals surface area contributed by atoms with Crippen LogP contribution in [0, 0.1) is 17.0 Å². The van der Waals surface area contributed by atoms with E-state index in [0.717, 1.165) is 21.6 Å². The maximum atomic E-state index is 12.4. The van der Waals surface area contributed by atoms with Crippen molar-refractivity contribution in [3.8, 4) is 5.69 Å². The highest BCUT2D eigenvalue weighted by Gasteiger charge is 2.13. The molecule has 2 heterocycles. The molecule has 4 aromatic rings. The molecule has 0 fully saturated rings. The molecule has 144 valence electrons. The van der Waals surface area contributed by atoms with Crippen LogP contribution in [0.25, 0.3) is 15.8 Å². The third-order valence-electron chi connectivity index (χ3n) is 4.36. The second-order valence-electron chi connectivity index (χ2n) is 6.43. The number of hydrazone groups is 1. The van der Waals surface area contributed by atoms with Gasteiger partial charge in [0.2, 0.25) is 0 Å². The summed E-state index contributed by atoms with van der Waals surface area (Å²) in [5, 5.41) is 15.6. The normalized spacial score (nSPS) is 11.2. The molecule has 0 saturated heterocycles. The van der Waals surface area contributed by atoms with Crippen molar-refractivity contribution in [3.63, 3.8) is 0 Å². The van der Waals surface area contributed by atoms with Crippen molar-refractivity contribution < 1.29 is 9.72 Å². The van der Waals surface area contributed by atoms with Crippen LogP contribution in [0.1, 0.15) is 20.9 Å². The largest absolute Gasteiger partial charge is 0.316 e. The molecule has 0 spiro atoms. The zero-order valence-corrected chi connectivity index (χ0v) is 16.2. The van der Waals surface area contributed by atoms with E-state index in [2.05, 4.69) is 16.6 Å². The molecule has 0 atom stereocenters. The van der Waals surface area contributed by atoms with Gasteiger partial charge in [0.25, 0.3) is 11.6 Å².